The van der Waals surface area contributed by atoms with Gasteiger partial charge in [-0.1, -0.05) is 18.2 Å². The zero-order valence-electron chi connectivity index (χ0n) is 10.9. The first-order chi connectivity index (χ1) is 9.24. The smallest absolute Gasteiger partial charge is 0.319 e. The summed E-state index contributed by atoms with van der Waals surface area (Å²) in [5.41, 5.74) is 0.511. The molecule has 3 N–H and O–H groups in total. The van der Waals surface area contributed by atoms with Crippen LogP contribution in [0.1, 0.15) is 12.8 Å². The number of aliphatic hydroxyl groups is 1. The number of benzene rings is 1. The van der Waals surface area contributed by atoms with E-state index in [1.165, 1.54) is 0 Å². The van der Waals surface area contributed by atoms with E-state index in [9.17, 15) is 9.90 Å². The van der Waals surface area contributed by atoms with Gasteiger partial charge >= 0.3 is 6.03 Å². The summed E-state index contributed by atoms with van der Waals surface area (Å²) in [6.07, 6.45) is 1.55. The molecular formula is C14H20N2O3. The molecule has 1 aliphatic rings. The van der Waals surface area contributed by atoms with Crippen molar-refractivity contribution in [3.63, 3.8) is 0 Å². The summed E-state index contributed by atoms with van der Waals surface area (Å²) in [4.78, 5) is 11.8. The number of ether oxygens (including phenoxy) is 1. The second-order valence-corrected chi connectivity index (χ2v) is 4.94. The first kappa shape index (κ1) is 13.8. The van der Waals surface area contributed by atoms with Crippen LogP contribution in [0.15, 0.2) is 30.3 Å². The predicted octanol–water partition coefficient (Wildman–Crippen LogP) is 1.60. The van der Waals surface area contributed by atoms with Crippen molar-refractivity contribution in [1.82, 2.24) is 5.32 Å². The van der Waals surface area contributed by atoms with Crippen LogP contribution in [-0.2, 0) is 4.74 Å². The molecule has 2 amide bonds. The van der Waals surface area contributed by atoms with Crippen molar-refractivity contribution >= 4 is 11.7 Å². The Morgan fingerprint density at radius 1 is 1.26 bits per heavy atom. The van der Waals surface area contributed by atoms with E-state index in [0.717, 1.165) is 18.5 Å². The van der Waals surface area contributed by atoms with Crippen LogP contribution in [0.5, 0.6) is 0 Å². The molecule has 1 fully saturated rings. The molecule has 1 aliphatic heterocycles. The maximum atomic E-state index is 11.8. The fraction of sp³-hybridized carbons (Fsp3) is 0.500. The number of rotatable bonds is 4. The lowest BCUT2D eigenvalue weighted by Crippen LogP contribution is -2.44. The van der Waals surface area contributed by atoms with Gasteiger partial charge in [0.1, 0.15) is 0 Å². The van der Waals surface area contributed by atoms with Gasteiger partial charge in [0.05, 0.1) is 6.61 Å². The fourth-order valence-electron chi connectivity index (χ4n) is 2.16. The van der Waals surface area contributed by atoms with Crippen LogP contribution in [0.4, 0.5) is 10.5 Å². The average molecular weight is 264 g/mol. The van der Waals surface area contributed by atoms with Crippen LogP contribution >= 0.6 is 0 Å². The number of nitrogens with one attached hydrogen (secondary N) is 2. The molecule has 1 saturated heterocycles. The number of para-hydroxylation sites is 1. The zero-order valence-corrected chi connectivity index (χ0v) is 10.9. The molecule has 1 heterocycles. The number of carbonyl (C=O) groups excluding carboxylic acids is 1. The highest BCUT2D eigenvalue weighted by Crippen LogP contribution is 2.28. The maximum absolute atomic E-state index is 11.8. The molecule has 1 aromatic carbocycles. The minimum atomic E-state index is -0.245. The summed E-state index contributed by atoms with van der Waals surface area (Å²) in [5, 5.41) is 15.1. The van der Waals surface area contributed by atoms with Crippen LogP contribution in [0, 0.1) is 5.41 Å². The van der Waals surface area contributed by atoms with Gasteiger partial charge in [-0.15, -0.1) is 0 Å². The van der Waals surface area contributed by atoms with Gasteiger partial charge < -0.3 is 20.5 Å². The molecule has 0 unspecified atom stereocenters. The summed E-state index contributed by atoms with van der Waals surface area (Å²) in [7, 11) is 0. The van der Waals surface area contributed by atoms with Gasteiger partial charge in [0.2, 0.25) is 0 Å². The van der Waals surface area contributed by atoms with Crippen molar-refractivity contribution in [1.29, 1.82) is 0 Å². The van der Waals surface area contributed by atoms with Gasteiger partial charge in [-0.2, -0.15) is 0 Å². The third-order valence-corrected chi connectivity index (χ3v) is 3.54. The van der Waals surface area contributed by atoms with Gasteiger partial charge in [0.15, 0.2) is 0 Å². The molecule has 1 aromatic rings. The molecule has 0 aromatic heterocycles. The van der Waals surface area contributed by atoms with E-state index in [4.69, 9.17) is 4.74 Å². The normalized spacial score (nSPS) is 17.7. The zero-order chi connectivity index (χ0) is 13.6. The second-order valence-electron chi connectivity index (χ2n) is 4.94. The van der Waals surface area contributed by atoms with E-state index in [1.807, 2.05) is 30.3 Å². The Hall–Kier alpha value is -1.59. The molecular weight excluding hydrogens is 244 g/mol. The quantitative estimate of drug-likeness (QED) is 0.773. The molecule has 0 aliphatic carbocycles. The molecule has 5 nitrogen and oxygen atoms in total. The van der Waals surface area contributed by atoms with Gasteiger partial charge in [0.25, 0.3) is 0 Å². The first-order valence-electron chi connectivity index (χ1n) is 6.53. The van der Waals surface area contributed by atoms with E-state index in [1.54, 1.807) is 0 Å². The Morgan fingerprint density at radius 3 is 2.58 bits per heavy atom. The SMILES string of the molecule is O=C(NCC1(CO)CCOCC1)Nc1ccccc1. The summed E-state index contributed by atoms with van der Waals surface area (Å²) < 4.78 is 5.29. The van der Waals surface area contributed by atoms with Crippen molar-refractivity contribution in [2.75, 3.05) is 31.7 Å². The third-order valence-electron chi connectivity index (χ3n) is 3.54. The Balaban J connectivity index is 1.82. The largest absolute Gasteiger partial charge is 0.396 e. The Labute approximate surface area is 113 Å². The highest BCUT2D eigenvalue weighted by Gasteiger charge is 2.32. The van der Waals surface area contributed by atoms with Crippen molar-refractivity contribution in [2.24, 2.45) is 5.41 Å². The highest BCUT2D eigenvalue weighted by molar-refractivity contribution is 5.89. The van der Waals surface area contributed by atoms with Crippen LogP contribution in [0.3, 0.4) is 0 Å². The Bertz CT molecular complexity index is 402. The average Bonchev–Trinajstić information content (AvgIpc) is 2.47. The molecule has 19 heavy (non-hydrogen) atoms. The monoisotopic (exact) mass is 264 g/mol. The van der Waals surface area contributed by atoms with Crippen molar-refractivity contribution in [2.45, 2.75) is 12.8 Å². The summed E-state index contributed by atoms with van der Waals surface area (Å²) in [5.74, 6) is 0. The number of amides is 2. The topological polar surface area (TPSA) is 70.6 Å². The van der Waals surface area contributed by atoms with Crippen LogP contribution in [0.25, 0.3) is 0 Å². The predicted molar refractivity (Wildman–Crippen MR) is 73.0 cm³/mol. The number of hydrogen-bond donors (Lipinski definition) is 3. The molecule has 0 saturated carbocycles. The first-order valence-corrected chi connectivity index (χ1v) is 6.53. The molecule has 2 rings (SSSR count). The number of aliphatic hydroxyl groups excluding tert-OH is 1. The minimum Gasteiger partial charge on any atom is -0.396 e. The number of urea groups is 1. The molecule has 0 spiro atoms. The van der Waals surface area contributed by atoms with Crippen LogP contribution in [-0.4, -0.2) is 37.5 Å². The van der Waals surface area contributed by atoms with Crippen molar-refractivity contribution in [3.8, 4) is 0 Å². The Morgan fingerprint density at radius 2 is 1.95 bits per heavy atom. The van der Waals surface area contributed by atoms with Crippen molar-refractivity contribution in [3.05, 3.63) is 30.3 Å². The van der Waals surface area contributed by atoms with E-state index < -0.39 is 0 Å². The van der Waals surface area contributed by atoms with Gasteiger partial charge in [-0.05, 0) is 25.0 Å². The summed E-state index contributed by atoms with van der Waals surface area (Å²) in [6, 6.07) is 9.04. The van der Waals surface area contributed by atoms with E-state index in [2.05, 4.69) is 10.6 Å². The lowest BCUT2D eigenvalue weighted by atomic mass is 9.81. The number of carbonyl (C=O) groups is 1. The molecule has 5 heteroatoms. The lowest BCUT2D eigenvalue weighted by Gasteiger charge is -2.35. The fourth-order valence-corrected chi connectivity index (χ4v) is 2.16. The van der Waals surface area contributed by atoms with Gasteiger partial charge in [-0.3, -0.25) is 0 Å². The van der Waals surface area contributed by atoms with Gasteiger partial charge in [0, 0.05) is 30.9 Å². The van der Waals surface area contributed by atoms with Gasteiger partial charge in [-0.25, -0.2) is 4.79 Å². The summed E-state index contributed by atoms with van der Waals surface area (Å²) in [6.45, 7) is 1.82. The summed E-state index contributed by atoms with van der Waals surface area (Å²) >= 11 is 0. The third kappa shape index (κ3) is 3.94. The molecule has 0 radical (unpaired) electrons. The standard InChI is InChI=1S/C14H20N2O3/c17-11-14(6-8-19-9-7-14)10-15-13(18)16-12-4-2-1-3-5-12/h1-5,17H,6-11H2,(H2,15,16,18). The maximum Gasteiger partial charge on any atom is 0.319 e. The highest BCUT2D eigenvalue weighted by atomic mass is 16.5. The van der Waals surface area contributed by atoms with Crippen LogP contribution in [0.2, 0.25) is 0 Å². The van der Waals surface area contributed by atoms with E-state index >= 15 is 0 Å². The number of anilines is 1. The molecule has 0 atom stereocenters. The molecule has 104 valence electrons. The Kier molecular flexibility index (Phi) is 4.76. The minimum absolute atomic E-state index is 0.0714. The second kappa shape index (κ2) is 6.54. The van der Waals surface area contributed by atoms with Crippen LogP contribution < -0.4 is 10.6 Å². The van der Waals surface area contributed by atoms with E-state index in [0.29, 0.717) is 19.8 Å². The van der Waals surface area contributed by atoms with Crippen molar-refractivity contribution < 1.29 is 14.6 Å². The lowest BCUT2D eigenvalue weighted by molar-refractivity contribution is -0.0136. The molecule has 0 bridgehead atoms. The van der Waals surface area contributed by atoms with E-state index in [-0.39, 0.29) is 18.1 Å². The number of hydrogen-bond acceptors (Lipinski definition) is 3.